The molecule has 24 heavy (non-hydrogen) atoms. The molecule has 2 heterocycles. The van der Waals surface area contributed by atoms with Crippen LogP contribution in [-0.4, -0.2) is 15.5 Å². The van der Waals surface area contributed by atoms with E-state index >= 15 is 0 Å². The lowest BCUT2D eigenvalue weighted by atomic mass is 10.0. The molecule has 0 aromatic carbocycles. The summed E-state index contributed by atoms with van der Waals surface area (Å²) in [5, 5.41) is 2.35. The number of carbonyl (C=O) groups is 1. The SMILES string of the molecule is Cn1cc(C(F)(F)F)cc(NC(=O)C2(c3ccccn3)CC2)c1=O. The van der Waals surface area contributed by atoms with Crippen LogP contribution >= 0.6 is 0 Å². The van der Waals surface area contributed by atoms with Crippen LogP contribution in [0.3, 0.4) is 0 Å². The van der Waals surface area contributed by atoms with Gasteiger partial charge in [-0.05, 0) is 31.0 Å². The maximum atomic E-state index is 12.9. The molecule has 0 bridgehead atoms. The molecule has 0 aliphatic heterocycles. The molecule has 1 saturated carbocycles. The van der Waals surface area contributed by atoms with E-state index in [4.69, 9.17) is 0 Å². The minimum atomic E-state index is -4.61. The van der Waals surface area contributed by atoms with Gasteiger partial charge in [0.15, 0.2) is 0 Å². The van der Waals surface area contributed by atoms with E-state index in [1.807, 2.05) is 0 Å². The number of aryl methyl sites for hydroxylation is 1. The van der Waals surface area contributed by atoms with Crippen LogP contribution in [0.15, 0.2) is 41.5 Å². The van der Waals surface area contributed by atoms with Crippen LogP contribution in [0.25, 0.3) is 0 Å². The first-order valence-electron chi connectivity index (χ1n) is 7.25. The highest BCUT2D eigenvalue weighted by Gasteiger charge is 2.52. The van der Waals surface area contributed by atoms with Crippen molar-refractivity contribution >= 4 is 11.6 Å². The first kappa shape index (κ1) is 16.2. The van der Waals surface area contributed by atoms with E-state index in [-0.39, 0.29) is 5.69 Å². The van der Waals surface area contributed by atoms with Gasteiger partial charge in [-0.3, -0.25) is 14.6 Å². The highest BCUT2D eigenvalue weighted by atomic mass is 19.4. The number of halogens is 3. The van der Waals surface area contributed by atoms with Crippen molar-refractivity contribution in [2.75, 3.05) is 5.32 Å². The third kappa shape index (κ3) is 2.79. The molecule has 0 atom stereocenters. The van der Waals surface area contributed by atoms with Crippen molar-refractivity contribution in [3.8, 4) is 0 Å². The molecule has 8 heteroatoms. The molecule has 2 aromatic heterocycles. The Morgan fingerprint density at radius 3 is 2.58 bits per heavy atom. The van der Waals surface area contributed by atoms with Gasteiger partial charge in [-0.15, -0.1) is 0 Å². The number of pyridine rings is 2. The van der Waals surface area contributed by atoms with E-state index < -0.39 is 28.6 Å². The fourth-order valence-corrected chi connectivity index (χ4v) is 2.57. The zero-order valence-corrected chi connectivity index (χ0v) is 12.7. The van der Waals surface area contributed by atoms with Crippen LogP contribution in [0, 0.1) is 0 Å². The minimum Gasteiger partial charge on any atom is -0.321 e. The molecule has 1 aliphatic carbocycles. The molecule has 1 amide bonds. The smallest absolute Gasteiger partial charge is 0.321 e. The van der Waals surface area contributed by atoms with Gasteiger partial charge in [0, 0.05) is 19.4 Å². The molecule has 0 spiro atoms. The molecule has 1 N–H and O–H groups in total. The van der Waals surface area contributed by atoms with Crippen molar-refractivity contribution in [1.82, 2.24) is 9.55 Å². The molecule has 126 valence electrons. The quantitative estimate of drug-likeness (QED) is 0.936. The summed E-state index contributed by atoms with van der Waals surface area (Å²) in [4.78, 5) is 28.7. The number of nitrogens with one attached hydrogen (secondary N) is 1. The summed E-state index contributed by atoms with van der Waals surface area (Å²) in [5.41, 5.74) is -2.41. The van der Waals surface area contributed by atoms with E-state index in [0.717, 1.165) is 4.57 Å². The second-order valence-electron chi connectivity index (χ2n) is 5.81. The molecule has 0 unspecified atom stereocenters. The number of amides is 1. The first-order valence-corrected chi connectivity index (χ1v) is 7.25. The average molecular weight is 337 g/mol. The third-order valence-corrected chi connectivity index (χ3v) is 4.10. The van der Waals surface area contributed by atoms with Gasteiger partial charge in [-0.1, -0.05) is 6.07 Å². The number of alkyl halides is 3. The van der Waals surface area contributed by atoms with Gasteiger partial charge >= 0.3 is 6.18 Å². The molecular weight excluding hydrogens is 323 g/mol. The van der Waals surface area contributed by atoms with Gasteiger partial charge in [0.2, 0.25) is 5.91 Å². The number of anilines is 1. The van der Waals surface area contributed by atoms with Crippen molar-refractivity contribution in [2.45, 2.75) is 24.4 Å². The Labute approximate surface area is 135 Å². The van der Waals surface area contributed by atoms with Gasteiger partial charge in [-0.25, -0.2) is 0 Å². The van der Waals surface area contributed by atoms with Gasteiger partial charge in [-0.2, -0.15) is 13.2 Å². The molecule has 5 nitrogen and oxygen atoms in total. The van der Waals surface area contributed by atoms with E-state index in [1.54, 1.807) is 24.4 Å². The maximum absolute atomic E-state index is 12.9. The maximum Gasteiger partial charge on any atom is 0.417 e. The van der Waals surface area contributed by atoms with Crippen LogP contribution in [0.5, 0.6) is 0 Å². The number of nitrogens with zero attached hydrogens (tertiary/aromatic N) is 2. The monoisotopic (exact) mass is 337 g/mol. The molecular formula is C16H14F3N3O2. The predicted molar refractivity (Wildman–Crippen MR) is 80.5 cm³/mol. The van der Waals surface area contributed by atoms with Gasteiger partial charge in [0.25, 0.3) is 5.56 Å². The standard InChI is InChI=1S/C16H14F3N3O2/c1-22-9-10(16(17,18)19)8-11(13(22)23)21-14(24)15(5-6-15)12-4-2-3-7-20-12/h2-4,7-9H,5-6H2,1H3,(H,21,24). The fourth-order valence-electron chi connectivity index (χ4n) is 2.57. The Balaban J connectivity index is 1.93. The fraction of sp³-hybridized carbons (Fsp3) is 0.312. The number of carbonyl (C=O) groups excluding carboxylic acids is 1. The summed E-state index contributed by atoms with van der Waals surface area (Å²) in [5.74, 6) is -0.516. The van der Waals surface area contributed by atoms with Crippen LogP contribution in [-0.2, 0) is 23.4 Å². The largest absolute Gasteiger partial charge is 0.417 e. The van der Waals surface area contributed by atoms with Gasteiger partial charge < -0.3 is 9.88 Å². The van der Waals surface area contributed by atoms with Gasteiger partial charge in [0.1, 0.15) is 5.69 Å². The van der Waals surface area contributed by atoms with Crippen LogP contribution in [0.2, 0.25) is 0 Å². The lowest BCUT2D eigenvalue weighted by Gasteiger charge is -2.16. The third-order valence-electron chi connectivity index (χ3n) is 4.10. The van der Waals surface area contributed by atoms with Crippen molar-refractivity contribution < 1.29 is 18.0 Å². The van der Waals surface area contributed by atoms with Crippen molar-refractivity contribution in [3.63, 3.8) is 0 Å². The first-order chi connectivity index (χ1) is 11.2. The lowest BCUT2D eigenvalue weighted by molar-refractivity contribution is -0.138. The molecule has 2 aromatic rings. The van der Waals surface area contributed by atoms with Gasteiger partial charge in [0.05, 0.1) is 16.7 Å². The summed E-state index contributed by atoms with van der Waals surface area (Å²) in [6, 6.07) is 5.80. The van der Waals surface area contributed by atoms with Crippen LogP contribution in [0.4, 0.5) is 18.9 Å². The Morgan fingerprint density at radius 2 is 2.04 bits per heavy atom. The van der Waals surface area contributed by atoms with Crippen LogP contribution in [0.1, 0.15) is 24.1 Å². The second-order valence-corrected chi connectivity index (χ2v) is 5.81. The predicted octanol–water partition coefficient (Wildman–Crippen LogP) is 2.47. The minimum absolute atomic E-state index is 0.389. The van der Waals surface area contributed by atoms with Crippen LogP contribution < -0.4 is 10.9 Å². The van der Waals surface area contributed by atoms with E-state index in [2.05, 4.69) is 10.3 Å². The van der Waals surface area contributed by atoms with Crippen molar-refractivity contribution in [1.29, 1.82) is 0 Å². The Hall–Kier alpha value is -2.64. The Bertz CT molecular complexity index is 840. The molecule has 0 radical (unpaired) electrons. The second kappa shape index (κ2) is 5.47. The average Bonchev–Trinajstić information content (AvgIpc) is 3.33. The molecule has 0 saturated heterocycles. The number of hydrogen-bond donors (Lipinski definition) is 1. The summed E-state index contributed by atoms with van der Waals surface area (Å²) >= 11 is 0. The van der Waals surface area contributed by atoms with E-state index in [9.17, 15) is 22.8 Å². The Morgan fingerprint density at radius 1 is 1.33 bits per heavy atom. The zero-order chi connectivity index (χ0) is 17.5. The summed E-state index contributed by atoms with van der Waals surface area (Å²) in [7, 11) is 1.21. The van der Waals surface area contributed by atoms with E-state index in [0.29, 0.717) is 30.8 Å². The Kier molecular flexibility index (Phi) is 3.70. The highest BCUT2D eigenvalue weighted by Crippen LogP contribution is 2.48. The molecule has 1 aliphatic rings. The molecule has 1 fully saturated rings. The highest BCUT2D eigenvalue weighted by molar-refractivity contribution is 6.01. The number of hydrogen-bond acceptors (Lipinski definition) is 3. The van der Waals surface area contributed by atoms with Crippen molar-refractivity contribution in [2.24, 2.45) is 7.05 Å². The number of rotatable bonds is 3. The summed E-state index contributed by atoms with van der Waals surface area (Å²) < 4.78 is 39.5. The topological polar surface area (TPSA) is 64.0 Å². The normalized spacial score (nSPS) is 15.8. The number of aromatic nitrogens is 2. The lowest BCUT2D eigenvalue weighted by Crippen LogP contribution is -2.32. The summed E-state index contributed by atoms with van der Waals surface area (Å²) in [6.07, 6.45) is -1.29. The van der Waals surface area contributed by atoms with E-state index in [1.165, 1.54) is 7.05 Å². The molecule has 3 rings (SSSR count). The zero-order valence-electron chi connectivity index (χ0n) is 12.7. The summed E-state index contributed by atoms with van der Waals surface area (Å²) in [6.45, 7) is 0. The van der Waals surface area contributed by atoms with Crippen molar-refractivity contribution in [3.05, 3.63) is 58.3 Å².